The van der Waals surface area contributed by atoms with Crippen molar-refractivity contribution >= 4 is 5.97 Å². The fourth-order valence-corrected chi connectivity index (χ4v) is 1.93. The number of hydrogen-bond acceptors (Lipinski definition) is 5. The van der Waals surface area contributed by atoms with Crippen LogP contribution in [0.25, 0.3) is 11.1 Å². The molecular formula is C16H12N2O4. The van der Waals surface area contributed by atoms with Gasteiger partial charge >= 0.3 is 17.9 Å². The summed E-state index contributed by atoms with van der Waals surface area (Å²) >= 11 is 0. The molecule has 1 N–H and O–H groups in total. The number of rotatable bonds is 5. The van der Waals surface area contributed by atoms with Crippen LogP contribution in [-0.4, -0.2) is 21.2 Å². The number of hydrogen-bond donors (Lipinski definition) is 1. The minimum Gasteiger partial charge on any atom is -0.474 e. The van der Waals surface area contributed by atoms with Gasteiger partial charge in [-0.3, -0.25) is 0 Å². The van der Waals surface area contributed by atoms with E-state index in [1.165, 1.54) is 0 Å². The molecule has 2 aromatic carbocycles. The van der Waals surface area contributed by atoms with E-state index in [4.69, 9.17) is 9.84 Å². The molecule has 0 aliphatic rings. The van der Waals surface area contributed by atoms with Gasteiger partial charge in [0.2, 0.25) is 0 Å². The fourth-order valence-electron chi connectivity index (χ4n) is 1.93. The van der Waals surface area contributed by atoms with Gasteiger partial charge in [0.1, 0.15) is 6.61 Å². The van der Waals surface area contributed by atoms with E-state index in [9.17, 15) is 4.79 Å². The molecule has 0 bridgehead atoms. The molecule has 3 rings (SSSR count). The largest absolute Gasteiger partial charge is 0.474 e. The Labute approximate surface area is 126 Å². The number of carboxylic acid groups (broad SMARTS) is 1. The van der Waals surface area contributed by atoms with E-state index >= 15 is 0 Å². The van der Waals surface area contributed by atoms with Crippen molar-refractivity contribution in [2.45, 2.75) is 6.61 Å². The predicted octanol–water partition coefficient (Wildman–Crippen LogP) is 3.01. The molecule has 0 fully saturated rings. The molecule has 0 radical (unpaired) electrons. The van der Waals surface area contributed by atoms with E-state index in [0.29, 0.717) is 0 Å². The molecule has 6 heteroatoms. The molecule has 0 atom stereocenters. The zero-order chi connectivity index (χ0) is 15.4. The summed E-state index contributed by atoms with van der Waals surface area (Å²) in [5.74, 6) is -1.77. The first-order valence-corrected chi connectivity index (χ1v) is 6.56. The lowest BCUT2D eigenvalue weighted by Crippen LogP contribution is -1.98. The Morgan fingerprint density at radius 1 is 1.05 bits per heavy atom. The van der Waals surface area contributed by atoms with Crippen LogP contribution in [0, 0.1) is 0 Å². The first-order chi connectivity index (χ1) is 10.7. The predicted molar refractivity (Wildman–Crippen MR) is 77.5 cm³/mol. The SMILES string of the molecule is O=C(O)c1nc(OCc2ccc(-c3ccccc3)cc2)no1. The second kappa shape index (κ2) is 6.09. The van der Waals surface area contributed by atoms with Gasteiger partial charge in [0, 0.05) is 0 Å². The summed E-state index contributed by atoms with van der Waals surface area (Å²) in [6, 6.07) is 17.8. The van der Waals surface area contributed by atoms with Gasteiger partial charge in [-0.2, -0.15) is 0 Å². The third-order valence-corrected chi connectivity index (χ3v) is 3.02. The summed E-state index contributed by atoms with van der Waals surface area (Å²) in [6.07, 6.45) is 0. The Hall–Kier alpha value is -3.15. The van der Waals surface area contributed by atoms with Crippen LogP contribution in [0.3, 0.4) is 0 Å². The van der Waals surface area contributed by atoms with Crippen molar-refractivity contribution in [3.8, 4) is 17.1 Å². The summed E-state index contributed by atoms with van der Waals surface area (Å²) in [5, 5.41) is 12.1. The monoisotopic (exact) mass is 296 g/mol. The standard InChI is InChI=1S/C16H12N2O4/c19-15(20)14-17-16(18-22-14)21-10-11-6-8-13(9-7-11)12-4-2-1-3-5-12/h1-9H,10H2,(H,19,20). The van der Waals surface area contributed by atoms with Gasteiger partial charge in [0.25, 0.3) is 0 Å². The molecule has 1 aromatic heterocycles. The quantitative estimate of drug-likeness (QED) is 0.779. The molecule has 22 heavy (non-hydrogen) atoms. The number of aromatic nitrogens is 2. The normalized spacial score (nSPS) is 10.4. The zero-order valence-electron chi connectivity index (χ0n) is 11.5. The maximum atomic E-state index is 10.6. The van der Waals surface area contributed by atoms with Crippen LogP contribution in [0.4, 0.5) is 0 Å². The molecule has 0 saturated heterocycles. The molecule has 0 unspecified atom stereocenters. The maximum absolute atomic E-state index is 10.6. The highest BCUT2D eigenvalue weighted by atomic mass is 16.6. The number of carbonyl (C=O) groups is 1. The highest BCUT2D eigenvalue weighted by molar-refractivity contribution is 5.81. The summed E-state index contributed by atoms with van der Waals surface area (Å²) in [7, 11) is 0. The highest BCUT2D eigenvalue weighted by Gasteiger charge is 2.13. The number of carboxylic acids is 1. The first-order valence-electron chi connectivity index (χ1n) is 6.56. The van der Waals surface area contributed by atoms with Crippen LogP contribution in [0.2, 0.25) is 0 Å². The Morgan fingerprint density at radius 3 is 2.36 bits per heavy atom. The van der Waals surface area contributed by atoms with E-state index < -0.39 is 11.9 Å². The third-order valence-electron chi connectivity index (χ3n) is 3.02. The average Bonchev–Trinajstić information content (AvgIpc) is 3.04. The van der Waals surface area contributed by atoms with Crippen LogP contribution in [0.15, 0.2) is 59.1 Å². The molecule has 110 valence electrons. The molecule has 0 aliphatic carbocycles. The molecule has 0 amide bonds. The second-order valence-corrected chi connectivity index (χ2v) is 4.54. The molecule has 0 spiro atoms. The van der Waals surface area contributed by atoms with E-state index in [0.717, 1.165) is 16.7 Å². The van der Waals surface area contributed by atoms with Gasteiger partial charge in [-0.05, 0) is 21.8 Å². The van der Waals surface area contributed by atoms with Crippen molar-refractivity contribution < 1.29 is 19.2 Å². The van der Waals surface area contributed by atoms with Crippen LogP contribution in [-0.2, 0) is 6.61 Å². The Kier molecular flexibility index (Phi) is 3.82. The smallest absolute Gasteiger partial charge is 0.394 e. The maximum Gasteiger partial charge on any atom is 0.394 e. The fraction of sp³-hybridized carbons (Fsp3) is 0.0625. The van der Waals surface area contributed by atoms with Gasteiger partial charge in [0.15, 0.2) is 0 Å². The van der Waals surface area contributed by atoms with Crippen molar-refractivity contribution in [1.82, 2.24) is 10.1 Å². The number of nitrogens with zero attached hydrogens (tertiary/aromatic N) is 2. The summed E-state index contributed by atoms with van der Waals surface area (Å²) in [6.45, 7) is 0.230. The topological polar surface area (TPSA) is 85.5 Å². The Morgan fingerprint density at radius 2 is 1.73 bits per heavy atom. The van der Waals surface area contributed by atoms with Crippen LogP contribution >= 0.6 is 0 Å². The van der Waals surface area contributed by atoms with Crippen molar-refractivity contribution in [2.24, 2.45) is 0 Å². The van der Waals surface area contributed by atoms with Crippen molar-refractivity contribution in [3.63, 3.8) is 0 Å². The molecule has 0 aliphatic heterocycles. The van der Waals surface area contributed by atoms with Gasteiger partial charge in [-0.15, -0.1) is 4.98 Å². The van der Waals surface area contributed by atoms with Crippen LogP contribution < -0.4 is 4.74 Å². The van der Waals surface area contributed by atoms with Gasteiger partial charge < -0.3 is 14.4 Å². The Balaban J connectivity index is 1.65. The molecule has 0 saturated carbocycles. The second-order valence-electron chi connectivity index (χ2n) is 4.54. The summed E-state index contributed by atoms with van der Waals surface area (Å²) in [5.41, 5.74) is 3.16. The van der Waals surface area contributed by atoms with E-state index in [2.05, 4.69) is 14.7 Å². The molecular weight excluding hydrogens is 284 g/mol. The zero-order valence-corrected chi connectivity index (χ0v) is 11.5. The summed E-state index contributed by atoms with van der Waals surface area (Å²) in [4.78, 5) is 14.2. The van der Waals surface area contributed by atoms with Crippen LogP contribution in [0.5, 0.6) is 6.01 Å². The number of ether oxygens (including phenoxy) is 1. The van der Waals surface area contributed by atoms with E-state index in [1.54, 1.807) is 0 Å². The lowest BCUT2D eigenvalue weighted by molar-refractivity contribution is 0.0643. The number of aromatic carboxylic acids is 1. The van der Waals surface area contributed by atoms with Crippen LogP contribution in [0.1, 0.15) is 16.2 Å². The van der Waals surface area contributed by atoms with Gasteiger partial charge in [-0.1, -0.05) is 54.6 Å². The van der Waals surface area contributed by atoms with E-state index in [1.807, 2.05) is 54.6 Å². The van der Waals surface area contributed by atoms with E-state index in [-0.39, 0.29) is 12.6 Å². The lowest BCUT2D eigenvalue weighted by atomic mass is 10.0. The van der Waals surface area contributed by atoms with Gasteiger partial charge in [0.05, 0.1) is 0 Å². The minimum atomic E-state index is -1.28. The van der Waals surface area contributed by atoms with Crippen molar-refractivity contribution in [3.05, 3.63) is 66.1 Å². The average molecular weight is 296 g/mol. The molecule has 1 heterocycles. The first kappa shape index (κ1) is 13.8. The van der Waals surface area contributed by atoms with Crippen molar-refractivity contribution in [1.29, 1.82) is 0 Å². The van der Waals surface area contributed by atoms with Gasteiger partial charge in [-0.25, -0.2) is 4.79 Å². The Bertz CT molecular complexity index is 766. The lowest BCUT2D eigenvalue weighted by Gasteiger charge is -2.04. The summed E-state index contributed by atoms with van der Waals surface area (Å²) < 4.78 is 9.79. The third kappa shape index (κ3) is 3.12. The minimum absolute atomic E-state index is 0.0930. The highest BCUT2D eigenvalue weighted by Crippen LogP contribution is 2.19. The van der Waals surface area contributed by atoms with Crippen molar-refractivity contribution in [2.75, 3.05) is 0 Å². The number of benzene rings is 2. The molecule has 6 nitrogen and oxygen atoms in total. The molecule has 3 aromatic rings.